The van der Waals surface area contributed by atoms with E-state index >= 15 is 0 Å². The molecule has 1 saturated heterocycles. The first-order valence-electron chi connectivity index (χ1n) is 24.4. The summed E-state index contributed by atoms with van der Waals surface area (Å²) in [7, 11) is 2.04. The average Bonchev–Trinajstić information content (AvgIpc) is 3.78. The molecule has 4 aromatic rings. The van der Waals surface area contributed by atoms with Gasteiger partial charge in [-0.1, -0.05) is 100 Å². The second-order valence-electron chi connectivity index (χ2n) is 18.1. The number of benzene rings is 3. The summed E-state index contributed by atoms with van der Waals surface area (Å²) < 4.78 is 5.05. The number of carbonyl (C=O) groups excluding carboxylic acids is 8. The van der Waals surface area contributed by atoms with Crippen LogP contribution in [-0.4, -0.2) is 148 Å². The number of fused-ring (bicyclic) bond motifs is 1. The number of esters is 1. The maximum atomic E-state index is 14.8. The van der Waals surface area contributed by atoms with E-state index in [1.165, 1.54) is 13.8 Å². The van der Waals surface area contributed by atoms with Crippen LogP contribution in [0.2, 0.25) is 0 Å². The zero-order valence-electron chi connectivity index (χ0n) is 41.5. The second kappa shape index (κ2) is 29.4. The van der Waals surface area contributed by atoms with Crippen LogP contribution in [-0.2, 0) is 62.4 Å². The molecule has 21 nitrogen and oxygen atoms in total. The average molecular weight is 1060 g/mol. The summed E-state index contributed by atoms with van der Waals surface area (Å²) in [4.78, 5) is 115. The van der Waals surface area contributed by atoms with Crippen LogP contribution in [0.5, 0.6) is 0 Å². The van der Waals surface area contributed by atoms with Crippen LogP contribution in [0, 0.1) is 0 Å². The van der Waals surface area contributed by atoms with Crippen LogP contribution in [0.15, 0.2) is 91.1 Å². The molecule has 0 spiro atoms. The molecule has 23 heteroatoms. The lowest BCUT2D eigenvalue weighted by molar-refractivity contribution is -0.143. The second-order valence-corrected chi connectivity index (χ2v) is 20.6. The Hall–Kier alpha value is -6.50. The first-order valence-corrected chi connectivity index (χ1v) is 26.9. The van der Waals surface area contributed by atoms with Crippen molar-refractivity contribution in [1.29, 1.82) is 0 Å². The van der Waals surface area contributed by atoms with E-state index in [0.29, 0.717) is 24.0 Å². The number of aromatic amines is 1. The number of H-pyrrole nitrogens is 1. The number of hydrogen-bond donors (Lipinski definition) is 12. The molecule has 74 heavy (non-hydrogen) atoms. The Morgan fingerprint density at radius 3 is 1.97 bits per heavy atom. The third-order valence-corrected chi connectivity index (χ3v) is 14.5. The fourth-order valence-corrected chi connectivity index (χ4v) is 10.2. The van der Waals surface area contributed by atoms with Gasteiger partial charge in [-0.05, 0) is 68.8 Å². The zero-order chi connectivity index (χ0) is 53.7. The third kappa shape index (κ3) is 18.2. The topological polar surface area (TPSA) is 338 Å². The van der Waals surface area contributed by atoms with E-state index in [1.807, 2.05) is 30.3 Å². The van der Waals surface area contributed by atoms with Crippen molar-refractivity contribution in [3.63, 3.8) is 0 Å². The zero-order valence-corrected chi connectivity index (χ0v) is 43.2. The Balaban J connectivity index is 1.57. The highest BCUT2D eigenvalue weighted by Crippen LogP contribution is 2.24. The van der Waals surface area contributed by atoms with Gasteiger partial charge in [0.2, 0.25) is 41.4 Å². The van der Waals surface area contributed by atoms with Crippen molar-refractivity contribution in [3.05, 3.63) is 108 Å². The van der Waals surface area contributed by atoms with E-state index in [1.54, 1.807) is 60.8 Å². The van der Waals surface area contributed by atoms with E-state index in [-0.39, 0.29) is 43.7 Å². The molecule has 0 aliphatic carbocycles. The standard InChI is InChI=1S/C51H68N10O11S2/c1-29(62)41(26-72-31(3)64)58-50(70)43-28-74-73-27-42(59-45(65)36(53)22-32-14-6-4-7-15-32)49(69)56-39(23-33-16-8-5-9-17-33)47(67)57-40(24-34-25-54-37-19-11-10-18-35(34)37)48(68)55-38(20-12-13-21-52)46(66)61-44(30(2)63)51(71)60-43/h4-11,14-19,25,29-30,36,38-44,54,62-63H,12-13,20-24,26-28,52-53H2,1-3H3,(H,55,68)(H,56,69)(H,57,67)(H,58,70)(H,59,65)(H,60,71)(H,61,66). The lowest BCUT2D eigenvalue weighted by Gasteiger charge is -2.29. The molecule has 3 aromatic carbocycles. The summed E-state index contributed by atoms with van der Waals surface area (Å²) in [6, 6.07) is 14.4. The molecule has 1 aliphatic rings. The minimum atomic E-state index is -1.69. The fourth-order valence-electron chi connectivity index (χ4n) is 7.92. The number of rotatable bonds is 18. The molecule has 14 N–H and O–H groups in total. The highest BCUT2D eigenvalue weighted by atomic mass is 33.1. The van der Waals surface area contributed by atoms with E-state index in [0.717, 1.165) is 45.0 Å². The number of aliphatic hydroxyl groups is 2. The number of para-hydroxylation sites is 1. The molecule has 400 valence electrons. The van der Waals surface area contributed by atoms with Crippen LogP contribution in [0.4, 0.5) is 0 Å². The first-order chi connectivity index (χ1) is 35.4. The van der Waals surface area contributed by atoms with Crippen molar-refractivity contribution >= 4 is 79.8 Å². The number of aromatic nitrogens is 1. The van der Waals surface area contributed by atoms with E-state index in [9.17, 15) is 48.6 Å². The molecule has 7 amide bonds. The lowest BCUT2D eigenvalue weighted by Crippen LogP contribution is -2.62. The van der Waals surface area contributed by atoms with Crippen molar-refractivity contribution in [2.45, 2.75) is 120 Å². The molecule has 0 radical (unpaired) electrons. The van der Waals surface area contributed by atoms with Crippen molar-refractivity contribution < 1.29 is 53.3 Å². The van der Waals surface area contributed by atoms with E-state index in [4.69, 9.17) is 16.2 Å². The summed E-state index contributed by atoms with van der Waals surface area (Å²) in [5, 5.41) is 41.1. The minimum Gasteiger partial charge on any atom is -0.464 e. The molecular formula is C51H68N10O11S2. The Kier molecular flexibility index (Phi) is 23.2. The predicted molar refractivity (Wildman–Crippen MR) is 282 cm³/mol. The smallest absolute Gasteiger partial charge is 0.302 e. The van der Waals surface area contributed by atoms with Gasteiger partial charge < -0.3 is 68.6 Å². The predicted octanol–water partition coefficient (Wildman–Crippen LogP) is -0.235. The number of carbonyl (C=O) groups is 8. The molecule has 1 aliphatic heterocycles. The number of aliphatic hydroxyl groups excluding tert-OH is 2. The van der Waals surface area contributed by atoms with Crippen LogP contribution in [0.25, 0.3) is 10.9 Å². The number of nitrogens with one attached hydrogen (secondary N) is 8. The Morgan fingerprint density at radius 1 is 0.730 bits per heavy atom. The van der Waals surface area contributed by atoms with Gasteiger partial charge in [0.05, 0.1) is 24.3 Å². The number of hydrogen-bond acceptors (Lipinski definition) is 15. The summed E-state index contributed by atoms with van der Waals surface area (Å²) in [6.45, 7) is 3.60. The number of ether oxygens (including phenoxy) is 1. The van der Waals surface area contributed by atoms with Gasteiger partial charge in [-0.15, -0.1) is 0 Å². The van der Waals surface area contributed by atoms with Crippen molar-refractivity contribution in [2.24, 2.45) is 11.5 Å². The van der Waals surface area contributed by atoms with Gasteiger partial charge in [0.25, 0.3) is 0 Å². The van der Waals surface area contributed by atoms with Gasteiger partial charge in [-0.2, -0.15) is 0 Å². The van der Waals surface area contributed by atoms with E-state index < -0.39 is 114 Å². The maximum Gasteiger partial charge on any atom is 0.302 e. The molecule has 2 heterocycles. The molecule has 10 atom stereocenters. The first kappa shape index (κ1) is 58.4. The Morgan fingerprint density at radius 2 is 1.32 bits per heavy atom. The van der Waals surface area contributed by atoms with Gasteiger partial charge >= 0.3 is 5.97 Å². The fraction of sp³-hybridized carbons (Fsp3) is 0.451. The monoisotopic (exact) mass is 1060 g/mol. The summed E-state index contributed by atoms with van der Waals surface area (Å²) in [5.74, 6) is -6.82. The van der Waals surface area contributed by atoms with Crippen molar-refractivity contribution in [3.8, 4) is 0 Å². The highest BCUT2D eigenvalue weighted by Gasteiger charge is 2.36. The Bertz CT molecular complexity index is 2520. The number of nitrogens with two attached hydrogens (primary N) is 2. The summed E-state index contributed by atoms with van der Waals surface area (Å²) >= 11 is 0. The largest absolute Gasteiger partial charge is 0.464 e. The van der Waals surface area contributed by atoms with Crippen LogP contribution in [0.1, 0.15) is 56.7 Å². The van der Waals surface area contributed by atoms with Gasteiger partial charge in [0.1, 0.15) is 42.9 Å². The third-order valence-electron chi connectivity index (χ3n) is 12.1. The van der Waals surface area contributed by atoms with Gasteiger partial charge in [0.15, 0.2) is 0 Å². The summed E-state index contributed by atoms with van der Waals surface area (Å²) in [5.41, 5.74) is 15.0. The minimum absolute atomic E-state index is 0.0213. The molecule has 0 saturated carbocycles. The van der Waals surface area contributed by atoms with Crippen molar-refractivity contribution in [2.75, 3.05) is 24.7 Å². The molecule has 5 rings (SSSR count). The van der Waals surface area contributed by atoms with Crippen molar-refractivity contribution in [1.82, 2.24) is 42.2 Å². The lowest BCUT2D eigenvalue weighted by atomic mass is 10.0. The molecular weight excluding hydrogens is 993 g/mol. The van der Waals surface area contributed by atoms with Gasteiger partial charge in [-0.3, -0.25) is 38.4 Å². The van der Waals surface area contributed by atoms with Gasteiger partial charge in [-0.25, -0.2) is 0 Å². The van der Waals surface area contributed by atoms with Crippen LogP contribution in [0.3, 0.4) is 0 Å². The molecule has 1 fully saturated rings. The Labute approximate surface area is 437 Å². The van der Waals surface area contributed by atoms with Crippen LogP contribution >= 0.6 is 21.6 Å². The number of unbranched alkanes of at least 4 members (excludes halogenated alkanes) is 1. The van der Waals surface area contributed by atoms with Gasteiger partial charge in [0, 0.05) is 48.4 Å². The summed E-state index contributed by atoms with van der Waals surface area (Å²) in [6.07, 6.45) is -0.279. The van der Waals surface area contributed by atoms with E-state index in [2.05, 4.69) is 42.2 Å². The normalized spacial score (nSPS) is 22.3. The SMILES string of the molecule is CC(=O)OCC(NC(=O)C1CSSCC(NC(=O)C(N)Cc2ccccc2)C(=O)NC(Cc2ccccc2)C(=O)NC(Cc2c[nH]c3ccccc23)C(=O)NC(CCCCN)C(=O)NC(C(C)O)C(=O)N1)C(C)O. The molecule has 1 aromatic heterocycles. The highest BCUT2D eigenvalue weighted by molar-refractivity contribution is 8.76. The molecule has 0 bridgehead atoms. The molecule has 10 unspecified atom stereocenters. The van der Waals surface area contributed by atoms with Crippen LogP contribution < -0.4 is 48.7 Å². The quantitative estimate of drug-likeness (QED) is 0.0348. The number of amides is 7. The maximum absolute atomic E-state index is 14.8.